The Kier molecular flexibility index (Phi) is 6.02. The Morgan fingerprint density at radius 3 is 2.62 bits per heavy atom. The number of nitrogens with zero attached hydrogens (tertiary/aromatic N) is 5. The lowest BCUT2D eigenvalue weighted by Crippen LogP contribution is -2.29. The Morgan fingerprint density at radius 2 is 1.97 bits per heavy atom. The van der Waals surface area contributed by atoms with Crippen molar-refractivity contribution in [1.29, 1.82) is 0 Å². The molecule has 0 aliphatic carbocycles. The zero-order chi connectivity index (χ0) is 22.7. The normalized spacial score (nSPS) is 11.9. The highest BCUT2D eigenvalue weighted by Crippen LogP contribution is 2.24. The molecule has 0 fully saturated rings. The Bertz CT molecular complexity index is 1180. The van der Waals surface area contributed by atoms with Crippen LogP contribution in [-0.4, -0.2) is 37.8 Å². The van der Waals surface area contributed by atoms with Gasteiger partial charge in [0.25, 0.3) is 5.91 Å². The third-order valence-electron chi connectivity index (χ3n) is 5.61. The Labute approximate surface area is 186 Å². The smallest absolute Gasteiger partial charge is 0.254 e. The number of aromatic nitrogens is 4. The summed E-state index contributed by atoms with van der Waals surface area (Å²) in [4.78, 5) is 18.8. The molecule has 0 spiro atoms. The lowest BCUT2D eigenvalue weighted by atomic mass is 10.1. The summed E-state index contributed by atoms with van der Waals surface area (Å²) < 4.78 is 12.8. The van der Waals surface area contributed by atoms with E-state index in [0.717, 1.165) is 28.3 Å². The van der Waals surface area contributed by atoms with Crippen molar-refractivity contribution in [2.75, 3.05) is 7.05 Å². The molecule has 8 heteroatoms. The minimum atomic E-state index is -0.112. The van der Waals surface area contributed by atoms with Gasteiger partial charge in [0.05, 0.1) is 23.0 Å². The zero-order valence-corrected chi connectivity index (χ0v) is 18.5. The lowest BCUT2D eigenvalue weighted by Gasteiger charge is -2.26. The minimum Gasteiger partial charge on any atom is -0.489 e. The van der Waals surface area contributed by atoms with Gasteiger partial charge in [0.15, 0.2) is 0 Å². The van der Waals surface area contributed by atoms with Gasteiger partial charge >= 0.3 is 0 Å². The molecule has 32 heavy (non-hydrogen) atoms. The summed E-state index contributed by atoms with van der Waals surface area (Å²) in [6.45, 7) is 6.07. The molecule has 0 saturated carbocycles. The van der Waals surface area contributed by atoms with E-state index < -0.39 is 0 Å². The molecule has 2 heterocycles. The first-order chi connectivity index (χ1) is 15.4. The first kappa shape index (κ1) is 21.3. The average molecular weight is 431 g/mol. The van der Waals surface area contributed by atoms with Crippen LogP contribution >= 0.6 is 0 Å². The molecule has 1 atom stereocenters. The van der Waals surface area contributed by atoms with Gasteiger partial charge in [-0.1, -0.05) is 23.4 Å². The summed E-state index contributed by atoms with van der Waals surface area (Å²) in [6.07, 6.45) is 3.14. The molecule has 8 nitrogen and oxygen atoms in total. The minimum absolute atomic E-state index is 0.0827. The predicted molar refractivity (Wildman–Crippen MR) is 119 cm³/mol. The van der Waals surface area contributed by atoms with Crippen molar-refractivity contribution in [1.82, 2.24) is 24.8 Å². The summed E-state index contributed by atoms with van der Waals surface area (Å²) in [5.41, 5.74) is 4.22. The van der Waals surface area contributed by atoms with Crippen molar-refractivity contribution < 1.29 is 14.1 Å². The summed E-state index contributed by atoms with van der Waals surface area (Å²) in [7, 11) is 1.80. The molecule has 4 rings (SSSR count). The highest BCUT2D eigenvalue weighted by Gasteiger charge is 2.20. The number of benzene rings is 2. The Hall–Kier alpha value is -3.94. The highest BCUT2D eigenvalue weighted by molar-refractivity contribution is 5.94. The number of aryl methyl sites for hydroxylation is 2. The second kappa shape index (κ2) is 9.05. The second-order valence-electron chi connectivity index (χ2n) is 7.64. The van der Waals surface area contributed by atoms with E-state index in [1.807, 2.05) is 57.2 Å². The third-order valence-corrected chi connectivity index (χ3v) is 5.61. The summed E-state index contributed by atoms with van der Waals surface area (Å²) >= 11 is 0. The van der Waals surface area contributed by atoms with Crippen LogP contribution < -0.4 is 4.74 Å². The lowest BCUT2D eigenvalue weighted by molar-refractivity contribution is 0.0742. The molecule has 1 amide bonds. The van der Waals surface area contributed by atoms with Gasteiger partial charge in [-0.05, 0) is 56.7 Å². The van der Waals surface area contributed by atoms with Crippen molar-refractivity contribution >= 4 is 5.91 Å². The molecule has 0 N–H and O–H groups in total. The van der Waals surface area contributed by atoms with Crippen molar-refractivity contribution in [3.63, 3.8) is 0 Å². The SMILES string of the molecule is Cc1noc(C)c1COc1cccc(C(=O)N(C)[C@@H](C)c2ccc(-n3cncn3)cc2)c1. The van der Waals surface area contributed by atoms with Crippen molar-refractivity contribution in [2.24, 2.45) is 0 Å². The zero-order valence-electron chi connectivity index (χ0n) is 18.5. The largest absolute Gasteiger partial charge is 0.489 e. The average Bonchev–Trinajstić information content (AvgIpc) is 3.47. The van der Waals surface area contributed by atoms with E-state index in [2.05, 4.69) is 15.2 Å². The van der Waals surface area contributed by atoms with E-state index in [1.54, 1.807) is 35.1 Å². The first-order valence-corrected chi connectivity index (χ1v) is 10.3. The number of hydrogen-bond donors (Lipinski definition) is 0. The van der Waals surface area contributed by atoms with Gasteiger partial charge in [0.2, 0.25) is 0 Å². The number of carbonyl (C=O) groups is 1. The monoisotopic (exact) mass is 431 g/mol. The van der Waals surface area contributed by atoms with Crippen LogP contribution in [0.15, 0.2) is 65.7 Å². The van der Waals surface area contributed by atoms with E-state index >= 15 is 0 Å². The van der Waals surface area contributed by atoms with Crippen molar-refractivity contribution in [3.05, 3.63) is 89.3 Å². The number of rotatable bonds is 7. The van der Waals surface area contributed by atoms with E-state index in [1.165, 1.54) is 6.33 Å². The molecule has 0 saturated heterocycles. The van der Waals surface area contributed by atoms with Crippen LogP contribution in [0.4, 0.5) is 0 Å². The second-order valence-corrected chi connectivity index (χ2v) is 7.64. The molecular formula is C24H25N5O3. The van der Waals surface area contributed by atoms with Gasteiger partial charge in [-0.3, -0.25) is 4.79 Å². The van der Waals surface area contributed by atoms with E-state index in [9.17, 15) is 4.79 Å². The highest BCUT2D eigenvalue weighted by atomic mass is 16.5. The molecule has 4 aromatic rings. The van der Waals surface area contributed by atoms with Gasteiger partial charge in [-0.2, -0.15) is 5.10 Å². The quantitative estimate of drug-likeness (QED) is 0.434. The van der Waals surface area contributed by atoms with Crippen LogP contribution in [0.5, 0.6) is 5.75 Å². The van der Waals surface area contributed by atoms with Crippen LogP contribution in [0.25, 0.3) is 5.69 Å². The fourth-order valence-electron chi connectivity index (χ4n) is 3.43. The van der Waals surface area contributed by atoms with Crippen molar-refractivity contribution in [2.45, 2.75) is 33.4 Å². The summed E-state index contributed by atoms with van der Waals surface area (Å²) in [5, 5.41) is 8.08. The number of hydrogen-bond acceptors (Lipinski definition) is 6. The number of amides is 1. The maximum absolute atomic E-state index is 13.1. The van der Waals surface area contributed by atoms with Crippen molar-refractivity contribution in [3.8, 4) is 11.4 Å². The maximum atomic E-state index is 13.1. The first-order valence-electron chi connectivity index (χ1n) is 10.3. The number of carbonyl (C=O) groups excluding carboxylic acids is 1. The van der Waals surface area contributed by atoms with Gasteiger partial charge in [0.1, 0.15) is 30.8 Å². The topological polar surface area (TPSA) is 86.3 Å². The van der Waals surface area contributed by atoms with Gasteiger partial charge < -0.3 is 14.2 Å². The molecule has 0 bridgehead atoms. The fourth-order valence-corrected chi connectivity index (χ4v) is 3.43. The third kappa shape index (κ3) is 4.39. The van der Waals surface area contributed by atoms with Gasteiger partial charge in [0, 0.05) is 12.6 Å². The molecule has 0 aliphatic rings. The van der Waals surface area contributed by atoms with Crippen LogP contribution in [-0.2, 0) is 6.61 Å². The molecule has 2 aromatic carbocycles. The number of ether oxygens (including phenoxy) is 1. The van der Waals surface area contributed by atoms with E-state index in [4.69, 9.17) is 9.26 Å². The molecule has 0 radical (unpaired) electrons. The van der Waals surface area contributed by atoms with Crippen LogP contribution in [0.1, 0.15) is 45.9 Å². The van der Waals surface area contributed by atoms with Gasteiger partial charge in [-0.25, -0.2) is 9.67 Å². The van der Waals surface area contributed by atoms with E-state index in [0.29, 0.717) is 17.9 Å². The van der Waals surface area contributed by atoms with Crippen LogP contribution in [0.3, 0.4) is 0 Å². The Balaban J connectivity index is 1.44. The maximum Gasteiger partial charge on any atom is 0.254 e. The van der Waals surface area contributed by atoms with Crippen LogP contribution in [0.2, 0.25) is 0 Å². The molecule has 2 aromatic heterocycles. The predicted octanol–water partition coefficient (Wildman–Crippen LogP) is 4.28. The molecular weight excluding hydrogens is 406 g/mol. The molecule has 0 unspecified atom stereocenters. The van der Waals surface area contributed by atoms with E-state index in [-0.39, 0.29) is 11.9 Å². The van der Waals surface area contributed by atoms with Gasteiger partial charge in [-0.15, -0.1) is 0 Å². The van der Waals surface area contributed by atoms with Crippen LogP contribution in [0, 0.1) is 13.8 Å². The standard InChI is InChI=1S/C24H25N5O3/c1-16-23(18(3)32-27-16)13-31-22-7-5-6-20(12-22)24(30)28(4)17(2)19-8-10-21(11-9-19)29-15-25-14-26-29/h5-12,14-15,17H,13H2,1-4H3/t17-/m0/s1. The fraction of sp³-hybridized carbons (Fsp3) is 0.250. The Morgan fingerprint density at radius 1 is 1.19 bits per heavy atom. The molecule has 0 aliphatic heterocycles. The summed E-state index contributed by atoms with van der Waals surface area (Å²) in [6, 6.07) is 15.0. The molecule has 164 valence electrons. The summed E-state index contributed by atoms with van der Waals surface area (Å²) in [5.74, 6) is 1.27.